The molecule has 0 bridgehead atoms. The van der Waals surface area contributed by atoms with Gasteiger partial charge in [0.15, 0.2) is 10.3 Å². The molecule has 1 heterocycles. The van der Waals surface area contributed by atoms with Crippen molar-refractivity contribution in [3.8, 4) is 0 Å². The summed E-state index contributed by atoms with van der Waals surface area (Å²) in [6.07, 6.45) is 0. The van der Waals surface area contributed by atoms with Gasteiger partial charge in [0.2, 0.25) is 0 Å². The molecule has 0 saturated carbocycles. The second-order valence-electron chi connectivity index (χ2n) is 3.69. The summed E-state index contributed by atoms with van der Waals surface area (Å²) >= 11 is 11.5. The molecule has 5 nitrogen and oxygen atoms in total. The summed E-state index contributed by atoms with van der Waals surface area (Å²) in [7, 11) is 0. The number of nitrogens with zero attached hydrogens (tertiary/aromatic N) is 3. The van der Waals surface area contributed by atoms with E-state index in [0.717, 1.165) is 0 Å². The monoisotopic (exact) mass is 277 g/mol. The van der Waals surface area contributed by atoms with E-state index in [0.29, 0.717) is 0 Å². The third-order valence-corrected chi connectivity index (χ3v) is 2.64. The lowest BCUT2D eigenvalue weighted by molar-refractivity contribution is 0.0665. The molecule has 0 aliphatic heterocycles. The molecular weight excluding hydrogens is 265 g/mol. The molecule has 0 aliphatic rings. The van der Waals surface area contributed by atoms with Crippen LogP contribution in [0, 0.1) is 0 Å². The molecule has 0 radical (unpaired) electrons. The summed E-state index contributed by atoms with van der Waals surface area (Å²) in [5, 5.41) is 16.1. The van der Waals surface area contributed by atoms with Gasteiger partial charge in [-0.1, -0.05) is 23.2 Å². The zero-order valence-electron chi connectivity index (χ0n) is 9.52. The number of aromatic nitrogens is 2. The van der Waals surface area contributed by atoms with Crippen LogP contribution in [0.2, 0.25) is 10.3 Å². The lowest BCUT2D eigenvalue weighted by Gasteiger charge is -2.26. The molecule has 1 amide bonds. The number of aliphatic hydroxyl groups is 1. The molecule has 0 fully saturated rings. The van der Waals surface area contributed by atoms with Crippen LogP contribution in [0.5, 0.6) is 0 Å². The molecule has 0 aliphatic carbocycles. The van der Waals surface area contributed by atoms with Crippen LogP contribution < -0.4 is 0 Å². The van der Waals surface area contributed by atoms with Crippen LogP contribution in [0.4, 0.5) is 0 Å². The van der Waals surface area contributed by atoms with Crippen molar-refractivity contribution in [3.05, 3.63) is 21.9 Å². The molecule has 17 heavy (non-hydrogen) atoms. The largest absolute Gasteiger partial charge is 0.395 e. The summed E-state index contributed by atoms with van der Waals surface area (Å²) in [5.74, 6) is -0.323. The molecular formula is C10H13Cl2N3O2. The third kappa shape index (κ3) is 3.52. The van der Waals surface area contributed by atoms with Crippen LogP contribution in [0.15, 0.2) is 6.07 Å². The van der Waals surface area contributed by atoms with Crippen LogP contribution in [0.25, 0.3) is 0 Å². The molecule has 1 aromatic rings. The van der Waals surface area contributed by atoms with E-state index in [-0.39, 0.29) is 41.0 Å². The van der Waals surface area contributed by atoms with E-state index in [1.807, 2.05) is 13.8 Å². The normalized spacial score (nSPS) is 10.7. The highest BCUT2D eigenvalue weighted by atomic mass is 35.5. The molecule has 0 unspecified atom stereocenters. The van der Waals surface area contributed by atoms with E-state index in [1.54, 1.807) is 0 Å². The van der Waals surface area contributed by atoms with Crippen LogP contribution >= 0.6 is 23.2 Å². The van der Waals surface area contributed by atoms with Crippen LogP contribution in [-0.4, -0.2) is 45.3 Å². The van der Waals surface area contributed by atoms with Crippen molar-refractivity contribution in [2.75, 3.05) is 13.2 Å². The van der Waals surface area contributed by atoms with E-state index in [4.69, 9.17) is 28.3 Å². The van der Waals surface area contributed by atoms with E-state index in [9.17, 15) is 4.79 Å². The minimum Gasteiger partial charge on any atom is -0.395 e. The average Bonchev–Trinajstić information content (AvgIpc) is 2.28. The van der Waals surface area contributed by atoms with E-state index in [2.05, 4.69) is 10.2 Å². The number of carbonyl (C=O) groups is 1. The maximum atomic E-state index is 12.2. The van der Waals surface area contributed by atoms with Crippen molar-refractivity contribution in [1.29, 1.82) is 0 Å². The zero-order chi connectivity index (χ0) is 13.0. The van der Waals surface area contributed by atoms with E-state index in [1.165, 1.54) is 11.0 Å². The average molecular weight is 278 g/mol. The third-order valence-electron chi connectivity index (χ3n) is 2.17. The molecule has 0 atom stereocenters. The number of amides is 1. The Hall–Kier alpha value is -0.910. The lowest BCUT2D eigenvalue weighted by atomic mass is 10.2. The summed E-state index contributed by atoms with van der Waals surface area (Å²) in [5.41, 5.74) is 0.189. The van der Waals surface area contributed by atoms with Crippen molar-refractivity contribution in [1.82, 2.24) is 15.1 Å². The Bertz CT molecular complexity index is 413. The van der Waals surface area contributed by atoms with Crippen LogP contribution in [-0.2, 0) is 0 Å². The smallest absolute Gasteiger partial charge is 0.257 e. The number of halogens is 2. The van der Waals surface area contributed by atoms with Gasteiger partial charge < -0.3 is 10.0 Å². The Morgan fingerprint density at radius 2 is 2.12 bits per heavy atom. The van der Waals surface area contributed by atoms with Gasteiger partial charge in [-0.05, 0) is 19.9 Å². The Morgan fingerprint density at radius 1 is 1.47 bits per heavy atom. The second kappa shape index (κ2) is 6.14. The Balaban J connectivity index is 3.04. The predicted octanol–water partition coefficient (Wildman–Crippen LogP) is 1.63. The van der Waals surface area contributed by atoms with Crippen molar-refractivity contribution in [3.63, 3.8) is 0 Å². The predicted molar refractivity (Wildman–Crippen MR) is 65.3 cm³/mol. The van der Waals surface area contributed by atoms with Gasteiger partial charge in [-0.15, -0.1) is 10.2 Å². The quantitative estimate of drug-likeness (QED) is 0.909. The first-order valence-corrected chi connectivity index (χ1v) is 5.83. The molecule has 1 N–H and O–H groups in total. The number of aliphatic hydroxyl groups excluding tert-OH is 1. The molecule has 0 aromatic carbocycles. The Labute approximate surface area is 109 Å². The van der Waals surface area contributed by atoms with Gasteiger partial charge in [-0.25, -0.2) is 0 Å². The highest BCUT2D eigenvalue weighted by molar-refractivity contribution is 6.34. The summed E-state index contributed by atoms with van der Waals surface area (Å²) in [4.78, 5) is 13.6. The minimum absolute atomic E-state index is 0.00277. The van der Waals surface area contributed by atoms with Crippen molar-refractivity contribution >= 4 is 29.1 Å². The molecule has 7 heteroatoms. The summed E-state index contributed by atoms with van der Waals surface area (Å²) < 4.78 is 0. The van der Waals surface area contributed by atoms with Crippen molar-refractivity contribution in [2.24, 2.45) is 0 Å². The number of hydrogen-bond donors (Lipinski definition) is 1. The molecule has 1 rings (SSSR count). The first-order chi connectivity index (χ1) is 7.97. The molecule has 94 valence electrons. The molecule has 0 spiro atoms. The van der Waals surface area contributed by atoms with Gasteiger partial charge in [0.05, 0.1) is 12.2 Å². The van der Waals surface area contributed by atoms with Gasteiger partial charge in [0, 0.05) is 12.6 Å². The summed E-state index contributed by atoms with van der Waals surface area (Å²) in [6.45, 7) is 3.80. The SMILES string of the molecule is CC(C)N(CCO)C(=O)c1cc(Cl)nnc1Cl. The van der Waals surface area contributed by atoms with Gasteiger partial charge in [-0.2, -0.15) is 0 Å². The van der Waals surface area contributed by atoms with Gasteiger partial charge in [0.25, 0.3) is 5.91 Å². The lowest BCUT2D eigenvalue weighted by Crippen LogP contribution is -2.39. The molecule has 0 saturated heterocycles. The number of hydrogen-bond acceptors (Lipinski definition) is 4. The topological polar surface area (TPSA) is 66.3 Å². The number of rotatable bonds is 4. The van der Waals surface area contributed by atoms with Crippen molar-refractivity contribution in [2.45, 2.75) is 19.9 Å². The second-order valence-corrected chi connectivity index (χ2v) is 4.43. The zero-order valence-corrected chi connectivity index (χ0v) is 11.0. The van der Waals surface area contributed by atoms with Gasteiger partial charge >= 0.3 is 0 Å². The minimum atomic E-state index is -0.323. The standard InChI is InChI=1S/C10H13Cl2N3O2/c1-6(2)15(3-4-16)10(17)7-5-8(11)13-14-9(7)12/h5-6,16H,3-4H2,1-2H3. The fraction of sp³-hybridized carbons (Fsp3) is 0.500. The molecule has 1 aromatic heterocycles. The Morgan fingerprint density at radius 3 is 2.65 bits per heavy atom. The van der Waals surface area contributed by atoms with Gasteiger partial charge in [0.1, 0.15) is 0 Å². The number of carbonyl (C=O) groups excluding carboxylic acids is 1. The fourth-order valence-corrected chi connectivity index (χ4v) is 1.68. The highest BCUT2D eigenvalue weighted by Gasteiger charge is 2.21. The maximum Gasteiger partial charge on any atom is 0.257 e. The Kier molecular flexibility index (Phi) is 5.11. The maximum absolute atomic E-state index is 12.2. The first kappa shape index (κ1) is 14.2. The van der Waals surface area contributed by atoms with Gasteiger partial charge in [-0.3, -0.25) is 4.79 Å². The van der Waals surface area contributed by atoms with Crippen molar-refractivity contribution < 1.29 is 9.90 Å². The van der Waals surface area contributed by atoms with Crippen LogP contribution in [0.3, 0.4) is 0 Å². The first-order valence-electron chi connectivity index (χ1n) is 5.08. The highest BCUT2D eigenvalue weighted by Crippen LogP contribution is 2.18. The fourth-order valence-electron chi connectivity index (χ4n) is 1.36. The van der Waals surface area contributed by atoms with E-state index < -0.39 is 0 Å². The summed E-state index contributed by atoms with van der Waals surface area (Å²) in [6, 6.07) is 1.31. The van der Waals surface area contributed by atoms with Crippen LogP contribution in [0.1, 0.15) is 24.2 Å². The van der Waals surface area contributed by atoms with E-state index >= 15 is 0 Å².